The molecule has 0 radical (unpaired) electrons. The van der Waals surface area contributed by atoms with Gasteiger partial charge in [-0.15, -0.1) is 0 Å². The van der Waals surface area contributed by atoms with Crippen LogP contribution in [0.4, 0.5) is 0 Å². The quantitative estimate of drug-likeness (QED) is 0.906. The van der Waals surface area contributed by atoms with E-state index < -0.39 is 6.10 Å². The van der Waals surface area contributed by atoms with Crippen LogP contribution in [0.1, 0.15) is 24.2 Å². The van der Waals surface area contributed by atoms with Gasteiger partial charge in [-0.1, -0.05) is 23.7 Å². The smallest absolute Gasteiger partial charge is 0.125 e. The predicted octanol–water partition coefficient (Wildman–Crippen LogP) is 3.98. The third-order valence-electron chi connectivity index (χ3n) is 3.00. The number of aliphatic hydroxyl groups excluding tert-OH is 1. The SMILES string of the molecule is COc1ccc(Cl)cc1COc1ccc([C@@H](C)O)cc1. The van der Waals surface area contributed by atoms with Gasteiger partial charge in [0.05, 0.1) is 13.2 Å². The summed E-state index contributed by atoms with van der Waals surface area (Å²) in [5, 5.41) is 10.1. The molecule has 20 heavy (non-hydrogen) atoms. The van der Waals surface area contributed by atoms with Crippen molar-refractivity contribution in [3.8, 4) is 11.5 Å². The van der Waals surface area contributed by atoms with E-state index in [0.717, 1.165) is 22.6 Å². The maximum absolute atomic E-state index is 9.45. The lowest BCUT2D eigenvalue weighted by Crippen LogP contribution is -1.99. The molecular weight excluding hydrogens is 276 g/mol. The maximum atomic E-state index is 9.45. The molecule has 0 aromatic heterocycles. The van der Waals surface area contributed by atoms with Crippen molar-refractivity contribution >= 4 is 11.6 Å². The number of methoxy groups -OCH3 is 1. The fourth-order valence-corrected chi connectivity index (χ4v) is 2.06. The van der Waals surface area contributed by atoms with Gasteiger partial charge in [0, 0.05) is 10.6 Å². The molecule has 3 nitrogen and oxygen atoms in total. The van der Waals surface area contributed by atoms with E-state index in [9.17, 15) is 5.11 Å². The molecule has 0 aliphatic heterocycles. The molecule has 0 saturated heterocycles. The molecule has 0 spiro atoms. The zero-order chi connectivity index (χ0) is 14.5. The molecule has 0 unspecified atom stereocenters. The van der Waals surface area contributed by atoms with Crippen LogP contribution in [0.5, 0.6) is 11.5 Å². The highest BCUT2D eigenvalue weighted by molar-refractivity contribution is 6.30. The van der Waals surface area contributed by atoms with E-state index in [1.807, 2.05) is 36.4 Å². The van der Waals surface area contributed by atoms with Crippen molar-refractivity contribution < 1.29 is 14.6 Å². The summed E-state index contributed by atoms with van der Waals surface area (Å²) >= 11 is 5.97. The van der Waals surface area contributed by atoms with Crippen LogP contribution < -0.4 is 9.47 Å². The summed E-state index contributed by atoms with van der Waals surface area (Å²) in [5.41, 5.74) is 1.75. The van der Waals surface area contributed by atoms with Gasteiger partial charge in [-0.2, -0.15) is 0 Å². The molecule has 1 atom stereocenters. The predicted molar refractivity (Wildman–Crippen MR) is 79.4 cm³/mol. The Kier molecular flexibility index (Phi) is 4.88. The van der Waals surface area contributed by atoms with Crippen molar-refractivity contribution in [2.45, 2.75) is 19.6 Å². The minimum Gasteiger partial charge on any atom is -0.496 e. The number of hydrogen-bond donors (Lipinski definition) is 1. The van der Waals surface area contributed by atoms with Gasteiger partial charge in [0.15, 0.2) is 0 Å². The zero-order valence-corrected chi connectivity index (χ0v) is 12.2. The van der Waals surface area contributed by atoms with Gasteiger partial charge in [0.2, 0.25) is 0 Å². The van der Waals surface area contributed by atoms with E-state index >= 15 is 0 Å². The molecular formula is C16H17ClO3. The van der Waals surface area contributed by atoms with E-state index in [4.69, 9.17) is 21.1 Å². The Labute approximate surface area is 123 Å². The Hall–Kier alpha value is -1.71. The molecule has 0 heterocycles. The van der Waals surface area contributed by atoms with Crippen LogP contribution in [0.2, 0.25) is 5.02 Å². The van der Waals surface area contributed by atoms with Crippen molar-refractivity contribution in [3.05, 3.63) is 58.6 Å². The zero-order valence-electron chi connectivity index (χ0n) is 11.5. The Morgan fingerprint density at radius 2 is 1.85 bits per heavy atom. The van der Waals surface area contributed by atoms with Crippen LogP contribution in [0.25, 0.3) is 0 Å². The van der Waals surface area contributed by atoms with Crippen LogP contribution >= 0.6 is 11.6 Å². The number of halogens is 1. The summed E-state index contributed by atoms with van der Waals surface area (Å²) in [5.74, 6) is 1.48. The number of rotatable bonds is 5. The molecule has 0 fully saturated rings. The lowest BCUT2D eigenvalue weighted by molar-refractivity contribution is 0.199. The molecule has 0 amide bonds. The van der Waals surface area contributed by atoms with Crippen molar-refractivity contribution in [3.63, 3.8) is 0 Å². The molecule has 1 N–H and O–H groups in total. The molecule has 0 saturated carbocycles. The molecule has 4 heteroatoms. The summed E-state index contributed by atoms with van der Waals surface area (Å²) in [6.07, 6.45) is -0.475. The molecule has 2 aromatic carbocycles. The summed E-state index contributed by atoms with van der Waals surface area (Å²) in [6.45, 7) is 2.10. The molecule has 0 bridgehead atoms. The largest absolute Gasteiger partial charge is 0.496 e. The lowest BCUT2D eigenvalue weighted by Gasteiger charge is -2.11. The second-order valence-corrected chi connectivity index (χ2v) is 4.93. The van der Waals surface area contributed by atoms with Crippen molar-refractivity contribution in [1.82, 2.24) is 0 Å². The highest BCUT2D eigenvalue weighted by Crippen LogP contribution is 2.25. The minimum atomic E-state index is -0.475. The van der Waals surface area contributed by atoms with Crippen LogP contribution in [0, 0.1) is 0 Å². The van der Waals surface area contributed by atoms with Gasteiger partial charge in [0.1, 0.15) is 18.1 Å². The molecule has 2 aromatic rings. The van der Waals surface area contributed by atoms with Crippen LogP contribution in [-0.2, 0) is 6.61 Å². The van der Waals surface area contributed by atoms with E-state index in [1.54, 1.807) is 20.1 Å². The molecule has 106 valence electrons. The normalized spacial score (nSPS) is 12.0. The molecule has 0 aliphatic rings. The summed E-state index contributed by atoms with van der Waals surface area (Å²) in [7, 11) is 1.62. The number of benzene rings is 2. The average molecular weight is 293 g/mol. The first-order valence-corrected chi connectivity index (χ1v) is 6.71. The fraction of sp³-hybridized carbons (Fsp3) is 0.250. The Morgan fingerprint density at radius 3 is 2.45 bits per heavy atom. The van der Waals surface area contributed by atoms with E-state index in [0.29, 0.717) is 11.6 Å². The monoisotopic (exact) mass is 292 g/mol. The van der Waals surface area contributed by atoms with Crippen LogP contribution in [0.3, 0.4) is 0 Å². The Morgan fingerprint density at radius 1 is 1.15 bits per heavy atom. The van der Waals surface area contributed by atoms with Crippen molar-refractivity contribution in [2.24, 2.45) is 0 Å². The van der Waals surface area contributed by atoms with Crippen LogP contribution in [-0.4, -0.2) is 12.2 Å². The Bertz CT molecular complexity index is 564. The third-order valence-corrected chi connectivity index (χ3v) is 3.23. The maximum Gasteiger partial charge on any atom is 0.125 e. The van der Waals surface area contributed by atoms with Gasteiger partial charge in [-0.25, -0.2) is 0 Å². The highest BCUT2D eigenvalue weighted by atomic mass is 35.5. The summed E-state index contributed by atoms with van der Waals surface area (Å²) in [4.78, 5) is 0. The van der Waals surface area contributed by atoms with Gasteiger partial charge in [-0.3, -0.25) is 0 Å². The second-order valence-electron chi connectivity index (χ2n) is 4.49. The van der Waals surface area contributed by atoms with Crippen molar-refractivity contribution in [2.75, 3.05) is 7.11 Å². The number of ether oxygens (including phenoxy) is 2. The van der Waals surface area contributed by atoms with E-state index in [2.05, 4.69) is 0 Å². The molecule has 2 rings (SSSR count). The van der Waals surface area contributed by atoms with Crippen molar-refractivity contribution in [1.29, 1.82) is 0 Å². The lowest BCUT2D eigenvalue weighted by atomic mass is 10.1. The standard InChI is InChI=1S/C16H17ClO3/c1-11(18)12-3-6-15(7-4-12)20-10-13-9-14(17)5-8-16(13)19-2/h3-9,11,18H,10H2,1-2H3/t11-/m1/s1. The minimum absolute atomic E-state index is 0.373. The van der Waals surface area contributed by atoms with Gasteiger partial charge >= 0.3 is 0 Å². The van der Waals surface area contributed by atoms with E-state index in [-0.39, 0.29) is 0 Å². The van der Waals surface area contributed by atoms with Gasteiger partial charge in [-0.05, 0) is 42.8 Å². The highest BCUT2D eigenvalue weighted by Gasteiger charge is 2.06. The van der Waals surface area contributed by atoms with Crippen LogP contribution in [0.15, 0.2) is 42.5 Å². The summed E-state index contributed by atoms with van der Waals surface area (Å²) < 4.78 is 11.0. The average Bonchev–Trinajstić information content (AvgIpc) is 2.45. The number of hydrogen-bond acceptors (Lipinski definition) is 3. The third kappa shape index (κ3) is 3.65. The summed E-state index contributed by atoms with van der Waals surface area (Å²) in [6, 6.07) is 12.8. The van der Waals surface area contributed by atoms with Gasteiger partial charge < -0.3 is 14.6 Å². The topological polar surface area (TPSA) is 38.7 Å². The second kappa shape index (κ2) is 6.64. The first-order valence-electron chi connectivity index (χ1n) is 6.33. The number of aliphatic hydroxyl groups is 1. The molecule has 0 aliphatic carbocycles. The fourth-order valence-electron chi connectivity index (χ4n) is 1.86. The first-order chi connectivity index (χ1) is 9.60. The van der Waals surface area contributed by atoms with Gasteiger partial charge in [0.25, 0.3) is 0 Å². The first kappa shape index (κ1) is 14.7. The van der Waals surface area contributed by atoms with E-state index in [1.165, 1.54) is 0 Å². The Balaban J connectivity index is 2.06.